The first-order valence-electron chi connectivity index (χ1n) is 6.51. The Bertz CT molecular complexity index is 652. The fourth-order valence-corrected chi connectivity index (χ4v) is 2.89. The van der Waals surface area contributed by atoms with E-state index in [1.165, 1.54) is 0 Å². The predicted molar refractivity (Wildman–Crippen MR) is 88.9 cm³/mol. The van der Waals surface area contributed by atoms with Gasteiger partial charge >= 0.3 is 0 Å². The lowest BCUT2D eigenvalue weighted by molar-refractivity contribution is 0.612. The van der Waals surface area contributed by atoms with Gasteiger partial charge in [-0.3, -0.25) is 4.98 Å². The van der Waals surface area contributed by atoms with Crippen molar-refractivity contribution in [2.45, 2.75) is 38.5 Å². The molecule has 108 valence electrons. The minimum absolute atomic E-state index is 0.0570. The van der Waals surface area contributed by atoms with Gasteiger partial charge in [0, 0.05) is 9.86 Å². The van der Waals surface area contributed by atoms with Crippen LogP contribution in [-0.2, 0) is 11.0 Å². The van der Waals surface area contributed by atoms with Crippen LogP contribution in [0, 0.1) is 0 Å². The maximum absolute atomic E-state index is 12.1. The summed E-state index contributed by atoms with van der Waals surface area (Å²) in [5, 5.41) is 1.10. The van der Waals surface area contributed by atoms with Crippen LogP contribution in [0.15, 0.2) is 34.8 Å². The highest BCUT2D eigenvalue weighted by molar-refractivity contribution is 9.10. The number of hydrogen-bond donors (Lipinski definition) is 1. The van der Waals surface area contributed by atoms with Gasteiger partial charge < -0.3 is 0 Å². The number of nitrogens with one attached hydrogen (secondary N) is 1. The lowest BCUT2D eigenvalue weighted by Crippen LogP contribution is -2.35. The maximum atomic E-state index is 12.1. The zero-order valence-electron chi connectivity index (χ0n) is 12.1. The van der Waals surface area contributed by atoms with Crippen molar-refractivity contribution >= 4 is 37.8 Å². The van der Waals surface area contributed by atoms with E-state index < -0.39 is 11.0 Å². The second-order valence-corrected chi connectivity index (χ2v) is 8.71. The molecule has 0 unspecified atom stereocenters. The number of rotatable bonds is 3. The molecule has 1 aromatic carbocycles. The van der Waals surface area contributed by atoms with Gasteiger partial charge in [-0.2, -0.15) is 0 Å². The second-order valence-electron chi connectivity index (χ2n) is 5.79. The number of fused-ring (bicyclic) bond motifs is 1. The van der Waals surface area contributed by atoms with Crippen LogP contribution in [0.2, 0.25) is 0 Å². The summed E-state index contributed by atoms with van der Waals surface area (Å²) < 4.78 is 16.0. The number of pyridine rings is 1. The third kappa shape index (κ3) is 3.65. The molecule has 0 saturated carbocycles. The standard InChI is InChI=1S/C15H19BrN2OS/c1-10(18-20(19)15(2,3)4)13-8-6-11-5-7-12(16)9-14(11)17-13/h5-10,18H,1-4H3/t10-,20+/m1/s1. The average molecular weight is 355 g/mol. The van der Waals surface area contributed by atoms with Crippen molar-refractivity contribution in [3.63, 3.8) is 0 Å². The SMILES string of the molecule is C[C@@H](N[S@@](=O)C(C)(C)C)c1ccc2ccc(Br)cc2n1. The maximum Gasteiger partial charge on any atom is 0.0976 e. The van der Waals surface area contributed by atoms with Gasteiger partial charge in [-0.1, -0.05) is 28.1 Å². The first kappa shape index (κ1) is 15.6. The van der Waals surface area contributed by atoms with Crippen molar-refractivity contribution in [1.29, 1.82) is 0 Å². The molecule has 20 heavy (non-hydrogen) atoms. The second kappa shape index (κ2) is 5.92. The van der Waals surface area contributed by atoms with Crippen LogP contribution in [0.3, 0.4) is 0 Å². The van der Waals surface area contributed by atoms with Gasteiger partial charge in [0.1, 0.15) is 0 Å². The van der Waals surface area contributed by atoms with Crippen LogP contribution in [0.1, 0.15) is 39.4 Å². The summed E-state index contributed by atoms with van der Waals surface area (Å²) in [6.45, 7) is 7.84. The van der Waals surface area contributed by atoms with Crippen LogP contribution in [0.5, 0.6) is 0 Å². The van der Waals surface area contributed by atoms with Gasteiger partial charge in [0.25, 0.3) is 0 Å². The van der Waals surface area contributed by atoms with Gasteiger partial charge in [-0.25, -0.2) is 8.93 Å². The third-order valence-electron chi connectivity index (χ3n) is 2.96. The van der Waals surface area contributed by atoms with Crippen molar-refractivity contribution < 1.29 is 4.21 Å². The van der Waals surface area contributed by atoms with Gasteiger partial charge in [-0.15, -0.1) is 0 Å². The van der Waals surface area contributed by atoms with Crippen molar-refractivity contribution in [2.24, 2.45) is 0 Å². The molecule has 5 heteroatoms. The Morgan fingerprint density at radius 2 is 1.90 bits per heavy atom. The number of aromatic nitrogens is 1. The molecule has 0 aliphatic heterocycles. The Labute approximate surface area is 130 Å². The third-order valence-corrected chi connectivity index (χ3v) is 5.13. The molecule has 1 N–H and O–H groups in total. The Kier molecular flexibility index (Phi) is 4.62. The largest absolute Gasteiger partial charge is 0.251 e. The molecule has 0 amide bonds. The van der Waals surface area contributed by atoms with Crippen molar-refractivity contribution in [2.75, 3.05) is 0 Å². The van der Waals surface area contributed by atoms with Crippen LogP contribution in [0.25, 0.3) is 10.9 Å². The normalized spacial score (nSPS) is 15.2. The summed E-state index contributed by atoms with van der Waals surface area (Å²) in [6, 6.07) is 9.99. The van der Waals surface area contributed by atoms with E-state index in [0.717, 1.165) is 21.1 Å². The molecule has 0 saturated heterocycles. The summed E-state index contributed by atoms with van der Waals surface area (Å²) in [4.78, 5) is 4.64. The molecule has 0 radical (unpaired) electrons. The van der Waals surface area contributed by atoms with Gasteiger partial charge in [-0.05, 0) is 45.9 Å². The first-order chi connectivity index (χ1) is 9.27. The van der Waals surface area contributed by atoms with Crippen LogP contribution < -0.4 is 4.72 Å². The fourth-order valence-electron chi connectivity index (χ4n) is 1.74. The molecule has 2 atom stereocenters. The molecule has 1 aromatic heterocycles. The lowest BCUT2D eigenvalue weighted by atomic mass is 10.1. The molecule has 1 heterocycles. The molecular weight excluding hydrogens is 336 g/mol. The van der Waals surface area contributed by atoms with Crippen molar-refractivity contribution in [3.8, 4) is 0 Å². The zero-order valence-corrected chi connectivity index (χ0v) is 14.5. The average Bonchev–Trinajstić information content (AvgIpc) is 2.36. The zero-order chi connectivity index (χ0) is 14.9. The Balaban J connectivity index is 2.26. The Morgan fingerprint density at radius 1 is 1.25 bits per heavy atom. The van der Waals surface area contributed by atoms with Gasteiger partial charge in [0.2, 0.25) is 0 Å². The quantitative estimate of drug-likeness (QED) is 0.900. The van der Waals surface area contributed by atoms with Crippen molar-refractivity contribution in [3.05, 3.63) is 40.5 Å². The Morgan fingerprint density at radius 3 is 2.55 bits per heavy atom. The minimum Gasteiger partial charge on any atom is -0.251 e. The van der Waals surface area contributed by atoms with E-state index in [4.69, 9.17) is 0 Å². The van der Waals surface area contributed by atoms with E-state index >= 15 is 0 Å². The molecule has 3 nitrogen and oxygen atoms in total. The Hall–Kier alpha value is -0.780. The fraction of sp³-hybridized carbons (Fsp3) is 0.400. The first-order valence-corrected chi connectivity index (χ1v) is 8.46. The highest BCUT2D eigenvalue weighted by Crippen LogP contribution is 2.21. The highest BCUT2D eigenvalue weighted by atomic mass is 79.9. The molecule has 0 bridgehead atoms. The number of hydrogen-bond acceptors (Lipinski definition) is 2. The number of nitrogens with zero attached hydrogens (tertiary/aromatic N) is 1. The summed E-state index contributed by atoms with van der Waals surface area (Å²) >= 11 is 3.46. The van der Waals surface area contributed by atoms with Crippen LogP contribution in [0.4, 0.5) is 0 Å². The van der Waals surface area contributed by atoms with E-state index in [-0.39, 0.29) is 10.8 Å². The van der Waals surface area contributed by atoms with Crippen molar-refractivity contribution in [1.82, 2.24) is 9.71 Å². The molecular formula is C15H19BrN2OS. The molecule has 0 fully saturated rings. The molecule has 0 aliphatic rings. The van der Waals surface area contributed by atoms with E-state index in [9.17, 15) is 4.21 Å². The lowest BCUT2D eigenvalue weighted by Gasteiger charge is -2.21. The van der Waals surface area contributed by atoms with E-state index in [2.05, 4.69) is 25.6 Å². The number of benzene rings is 1. The van der Waals surface area contributed by atoms with E-state index in [0.29, 0.717) is 0 Å². The van der Waals surface area contributed by atoms with Gasteiger partial charge in [0.15, 0.2) is 0 Å². The highest BCUT2D eigenvalue weighted by Gasteiger charge is 2.22. The summed E-state index contributed by atoms with van der Waals surface area (Å²) in [6.07, 6.45) is 0. The van der Waals surface area contributed by atoms with Crippen LogP contribution in [-0.4, -0.2) is 13.9 Å². The summed E-state index contributed by atoms with van der Waals surface area (Å²) in [5.74, 6) is 0. The summed E-state index contributed by atoms with van der Waals surface area (Å²) in [7, 11) is -1.11. The van der Waals surface area contributed by atoms with E-state index in [1.807, 2.05) is 58.0 Å². The van der Waals surface area contributed by atoms with E-state index in [1.54, 1.807) is 0 Å². The minimum atomic E-state index is -1.11. The topological polar surface area (TPSA) is 42.0 Å². The van der Waals surface area contributed by atoms with Gasteiger partial charge in [0.05, 0.1) is 33.0 Å². The molecule has 0 aliphatic carbocycles. The molecule has 2 aromatic rings. The smallest absolute Gasteiger partial charge is 0.0976 e. The monoisotopic (exact) mass is 354 g/mol. The number of halogens is 1. The van der Waals surface area contributed by atoms with Crippen LogP contribution >= 0.6 is 15.9 Å². The molecule has 2 rings (SSSR count). The molecule has 0 spiro atoms. The predicted octanol–water partition coefficient (Wildman–Crippen LogP) is 4.11. The summed E-state index contributed by atoms with van der Waals surface area (Å²) in [5.41, 5.74) is 1.83.